The van der Waals surface area contributed by atoms with Crippen LogP contribution in [0.5, 0.6) is 0 Å². The Hall–Kier alpha value is -1.06. The maximum absolute atomic E-state index is 12.2. The van der Waals surface area contributed by atoms with Crippen LogP contribution in [0.15, 0.2) is 0 Å². The van der Waals surface area contributed by atoms with Gasteiger partial charge in [0.25, 0.3) is 0 Å². The zero-order chi connectivity index (χ0) is 14.4. The molecule has 4 nitrogen and oxygen atoms in total. The van der Waals surface area contributed by atoms with Crippen LogP contribution in [0, 0.1) is 11.8 Å². The second-order valence-corrected chi connectivity index (χ2v) is 6.46. The first-order valence-corrected chi connectivity index (χ1v) is 8.19. The average molecular weight is 281 g/mol. The third-order valence-corrected chi connectivity index (χ3v) is 4.88. The highest BCUT2D eigenvalue weighted by molar-refractivity contribution is 5.78. The number of carbonyl (C=O) groups is 2. The van der Waals surface area contributed by atoms with Crippen LogP contribution in [0.2, 0.25) is 0 Å². The van der Waals surface area contributed by atoms with E-state index in [0.717, 1.165) is 38.5 Å². The van der Waals surface area contributed by atoms with Crippen molar-refractivity contribution in [3.05, 3.63) is 0 Å². The molecule has 2 rings (SSSR count). The molecule has 0 radical (unpaired) electrons. The summed E-state index contributed by atoms with van der Waals surface area (Å²) in [5, 5.41) is 12.3. The summed E-state index contributed by atoms with van der Waals surface area (Å²) in [4.78, 5) is 23.5. The fourth-order valence-corrected chi connectivity index (χ4v) is 3.70. The van der Waals surface area contributed by atoms with E-state index in [1.165, 1.54) is 19.3 Å². The van der Waals surface area contributed by atoms with Crippen molar-refractivity contribution in [3.63, 3.8) is 0 Å². The highest BCUT2D eigenvalue weighted by Crippen LogP contribution is 2.27. The molecule has 0 bridgehead atoms. The van der Waals surface area contributed by atoms with Gasteiger partial charge in [0.05, 0.1) is 5.92 Å². The van der Waals surface area contributed by atoms with Crippen LogP contribution in [-0.4, -0.2) is 23.0 Å². The highest BCUT2D eigenvalue weighted by Gasteiger charge is 2.31. The first-order chi connectivity index (χ1) is 9.66. The van der Waals surface area contributed by atoms with Gasteiger partial charge in [-0.25, -0.2) is 0 Å². The van der Waals surface area contributed by atoms with Gasteiger partial charge in [-0.3, -0.25) is 9.59 Å². The smallest absolute Gasteiger partial charge is 0.308 e. The summed E-state index contributed by atoms with van der Waals surface area (Å²) in [6.45, 7) is 0. The van der Waals surface area contributed by atoms with E-state index in [1.54, 1.807) is 0 Å². The first-order valence-electron chi connectivity index (χ1n) is 8.19. The number of nitrogens with one attached hydrogen (secondary N) is 1. The van der Waals surface area contributed by atoms with Crippen LogP contribution < -0.4 is 5.32 Å². The molecule has 4 heteroatoms. The van der Waals surface area contributed by atoms with Crippen molar-refractivity contribution in [2.45, 2.75) is 76.7 Å². The van der Waals surface area contributed by atoms with Crippen molar-refractivity contribution in [1.82, 2.24) is 5.32 Å². The molecule has 0 aromatic heterocycles. The van der Waals surface area contributed by atoms with Crippen LogP contribution in [-0.2, 0) is 9.59 Å². The fraction of sp³-hybridized carbons (Fsp3) is 0.875. The van der Waals surface area contributed by atoms with Gasteiger partial charge >= 0.3 is 5.97 Å². The minimum absolute atomic E-state index is 0.0649. The van der Waals surface area contributed by atoms with Crippen molar-refractivity contribution >= 4 is 11.9 Å². The predicted octanol–water partition coefficient (Wildman–Crippen LogP) is 3.11. The van der Waals surface area contributed by atoms with Crippen LogP contribution >= 0.6 is 0 Å². The van der Waals surface area contributed by atoms with Gasteiger partial charge in [0, 0.05) is 12.5 Å². The van der Waals surface area contributed by atoms with E-state index < -0.39 is 11.9 Å². The number of carboxylic acids is 1. The van der Waals surface area contributed by atoms with Gasteiger partial charge in [-0.1, -0.05) is 38.5 Å². The lowest BCUT2D eigenvalue weighted by Gasteiger charge is -2.25. The molecule has 0 aliphatic heterocycles. The van der Waals surface area contributed by atoms with Crippen molar-refractivity contribution in [1.29, 1.82) is 0 Å². The van der Waals surface area contributed by atoms with Crippen LogP contribution in [0.1, 0.15) is 70.6 Å². The maximum atomic E-state index is 12.2. The van der Waals surface area contributed by atoms with E-state index in [2.05, 4.69) is 5.32 Å². The Bertz CT molecular complexity index is 337. The van der Waals surface area contributed by atoms with E-state index in [1.807, 2.05) is 0 Å². The highest BCUT2D eigenvalue weighted by atomic mass is 16.4. The third kappa shape index (κ3) is 4.50. The lowest BCUT2D eigenvalue weighted by Crippen LogP contribution is -2.43. The van der Waals surface area contributed by atoms with E-state index in [-0.39, 0.29) is 11.9 Å². The molecule has 2 atom stereocenters. The molecule has 20 heavy (non-hydrogen) atoms. The third-order valence-electron chi connectivity index (χ3n) is 4.88. The number of aliphatic carboxylic acids is 1. The van der Waals surface area contributed by atoms with E-state index >= 15 is 0 Å². The molecule has 1 amide bonds. The van der Waals surface area contributed by atoms with E-state index in [4.69, 9.17) is 0 Å². The quantitative estimate of drug-likeness (QED) is 0.778. The molecule has 114 valence electrons. The Balaban J connectivity index is 1.85. The fourth-order valence-electron chi connectivity index (χ4n) is 3.70. The normalized spacial score (nSPS) is 28.6. The summed E-state index contributed by atoms with van der Waals surface area (Å²) in [7, 11) is 0. The van der Waals surface area contributed by atoms with Crippen LogP contribution in [0.3, 0.4) is 0 Å². The van der Waals surface area contributed by atoms with Gasteiger partial charge in [-0.05, 0) is 31.6 Å². The molecular weight excluding hydrogens is 254 g/mol. The number of hydrogen-bond acceptors (Lipinski definition) is 2. The molecule has 0 heterocycles. The molecule has 0 spiro atoms. The molecule has 0 saturated heterocycles. The Kier molecular flexibility index (Phi) is 5.86. The monoisotopic (exact) mass is 281 g/mol. The second kappa shape index (κ2) is 7.65. The van der Waals surface area contributed by atoms with Gasteiger partial charge < -0.3 is 10.4 Å². The zero-order valence-corrected chi connectivity index (χ0v) is 12.3. The van der Waals surface area contributed by atoms with Crippen LogP contribution in [0.4, 0.5) is 0 Å². The summed E-state index contributed by atoms with van der Waals surface area (Å²) in [6.07, 6.45) is 11.2. The second-order valence-electron chi connectivity index (χ2n) is 6.46. The summed E-state index contributed by atoms with van der Waals surface area (Å²) >= 11 is 0. The summed E-state index contributed by atoms with van der Waals surface area (Å²) in [5.41, 5.74) is 0. The Morgan fingerprint density at radius 3 is 2.15 bits per heavy atom. The molecule has 2 N–H and O–H groups in total. The van der Waals surface area contributed by atoms with E-state index in [9.17, 15) is 14.7 Å². The van der Waals surface area contributed by atoms with E-state index in [0.29, 0.717) is 18.8 Å². The SMILES string of the molecule is O=C(CC1CCCCC1)N[C@H]1CCCCC[C@H]1C(=O)O. The molecule has 0 aromatic rings. The number of amides is 1. The standard InChI is InChI=1S/C16H27NO3/c18-15(11-12-7-3-1-4-8-12)17-14-10-6-2-5-9-13(14)16(19)20/h12-14H,1-11H2,(H,17,18)(H,19,20)/t13-,14+/m1/s1. The minimum atomic E-state index is -0.755. The number of rotatable bonds is 4. The topological polar surface area (TPSA) is 66.4 Å². The average Bonchev–Trinajstić information content (AvgIpc) is 2.65. The first kappa shape index (κ1) is 15.3. The van der Waals surface area contributed by atoms with Crippen LogP contribution in [0.25, 0.3) is 0 Å². The van der Waals surface area contributed by atoms with Gasteiger partial charge in [0.2, 0.25) is 5.91 Å². The predicted molar refractivity (Wildman–Crippen MR) is 77.3 cm³/mol. The lowest BCUT2D eigenvalue weighted by molar-refractivity contribution is -0.143. The molecule has 2 fully saturated rings. The molecule has 2 saturated carbocycles. The summed E-state index contributed by atoms with van der Waals surface area (Å²) in [5.74, 6) is -0.574. The van der Waals surface area contributed by atoms with Crippen molar-refractivity contribution in [3.8, 4) is 0 Å². The Morgan fingerprint density at radius 1 is 0.900 bits per heavy atom. The van der Waals surface area contributed by atoms with Crippen molar-refractivity contribution < 1.29 is 14.7 Å². The van der Waals surface area contributed by atoms with Gasteiger partial charge in [-0.15, -0.1) is 0 Å². The number of carbonyl (C=O) groups excluding carboxylic acids is 1. The Morgan fingerprint density at radius 2 is 1.50 bits per heavy atom. The maximum Gasteiger partial charge on any atom is 0.308 e. The largest absolute Gasteiger partial charge is 0.481 e. The minimum Gasteiger partial charge on any atom is -0.481 e. The zero-order valence-electron chi connectivity index (χ0n) is 12.3. The van der Waals surface area contributed by atoms with Crippen molar-refractivity contribution in [2.75, 3.05) is 0 Å². The molecule has 2 aliphatic rings. The molecule has 2 aliphatic carbocycles. The number of carboxylic acid groups (broad SMARTS) is 1. The van der Waals surface area contributed by atoms with Crippen molar-refractivity contribution in [2.24, 2.45) is 11.8 Å². The molecular formula is C16H27NO3. The molecule has 0 aromatic carbocycles. The number of hydrogen-bond donors (Lipinski definition) is 2. The summed E-state index contributed by atoms with van der Waals surface area (Å²) < 4.78 is 0. The van der Waals surface area contributed by atoms with Gasteiger partial charge in [-0.2, -0.15) is 0 Å². The Labute approximate surface area is 121 Å². The summed E-state index contributed by atoms with van der Waals surface area (Å²) in [6, 6.07) is -0.161. The van der Waals surface area contributed by atoms with Gasteiger partial charge in [0.15, 0.2) is 0 Å². The van der Waals surface area contributed by atoms with Gasteiger partial charge in [0.1, 0.15) is 0 Å². The lowest BCUT2D eigenvalue weighted by atomic mass is 9.86. The molecule has 0 unspecified atom stereocenters.